The fourth-order valence-electron chi connectivity index (χ4n) is 3.64. The first-order valence-corrected chi connectivity index (χ1v) is 10.0. The average Bonchev–Trinajstić information content (AvgIpc) is 2.70. The van der Waals surface area contributed by atoms with E-state index in [2.05, 4.69) is 10.3 Å². The number of nitrogens with zero attached hydrogens (tertiary/aromatic N) is 1. The lowest BCUT2D eigenvalue weighted by molar-refractivity contribution is -0.141. The molecule has 0 radical (unpaired) electrons. The van der Waals surface area contributed by atoms with Gasteiger partial charge in [0.2, 0.25) is 0 Å². The highest BCUT2D eigenvalue weighted by Gasteiger charge is 2.44. The molecule has 3 rings (SSSR count). The van der Waals surface area contributed by atoms with Crippen molar-refractivity contribution in [2.24, 2.45) is 0 Å². The SMILES string of the molecule is O=C(NC(c1cccc(F)c1Cl)[C@]1(O)CC[C@H](F)CC1)c1ccnc(C(F)(F)F)c1Cl. The monoisotopic (exact) mass is 482 g/mol. The van der Waals surface area contributed by atoms with Crippen molar-refractivity contribution >= 4 is 29.1 Å². The van der Waals surface area contributed by atoms with Crippen molar-refractivity contribution in [1.29, 1.82) is 0 Å². The van der Waals surface area contributed by atoms with Crippen LogP contribution in [-0.4, -0.2) is 27.8 Å². The third-order valence-corrected chi connectivity index (χ3v) is 6.07. The van der Waals surface area contributed by atoms with Crippen molar-refractivity contribution in [3.05, 3.63) is 63.1 Å². The molecule has 11 heteroatoms. The summed E-state index contributed by atoms with van der Waals surface area (Å²) in [6.45, 7) is 0. The highest BCUT2D eigenvalue weighted by molar-refractivity contribution is 6.34. The zero-order valence-electron chi connectivity index (χ0n) is 15.8. The van der Waals surface area contributed by atoms with Gasteiger partial charge in [0.25, 0.3) is 5.91 Å². The fourth-order valence-corrected chi connectivity index (χ4v) is 4.18. The van der Waals surface area contributed by atoms with E-state index in [0.29, 0.717) is 0 Å². The first kappa shape index (κ1) is 23.7. The van der Waals surface area contributed by atoms with E-state index in [1.165, 1.54) is 12.1 Å². The molecule has 1 heterocycles. The van der Waals surface area contributed by atoms with Crippen LogP contribution in [0.3, 0.4) is 0 Å². The minimum atomic E-state index is -4.89. The third kappa shape index (κ3) is 4.94. The summed E-state index contributed by atoms with van der Waals surface area (Å²) in [6, 6.07) is 3.41. The summed E-state index contributed by atoms with van der Waals surface area (Å²) in [5.41, 5.74) is -3.68. The van der Waals surface area contributed by atoms with Crippen LogP contribution in [0.5, 0.6) is 0 Å². The number of halogens is 7. The zero-order chi connectivity index (χ0) is 23.0. The van der Waals surface area contributed by atoms with E-state index in [1.807, 2.05) is 0 Å². The van der Waals surface area contributed by atoms with Gasteiger partial charge in [0.1, 0.15) is 12.0 Å². The number of alkyl halides is 4. The van der Waals surface area contributed by atoms with Crippen molar-refractivity contribution in [2.45, 2.75) is 49.7 Å². The molecule has 0 bridgehead atoms. The Morgan fingerprint density at radius 2 is 1.84 bits per heavy atom. The number of aromatic nitrogens is 1. The van der Waals surface area contributed by atoms with Crippen LogP contribution in [0, 0.1) is 5.82 Å². The molecule has 2 N–H and O–H groups in total. The molecule has 0 spiro atoms. The largest absolute Gasteiger partial charge is 0.434 e. The number of hydrogen-bond acceptors (Lipinski definition) is 3. The summed E-state index contributed by atoms with van der Waals surface area (Å²) in [5.74, 6) is -1.87. The van der Waals surface area contributed by atoms with Gasteiger partial charge in [-0.05, 0) is 43.4 Å². The molecule has 1 aromatic carbocycles. The smallest absolute Gasteiger partial charge is 0.387 e. The lowest BCUT2D eigenvalue weighted by Crippen LogP contribution is -2.48. The molecule has 1 atom stereocenters. The average molecular weight is 483 g/mol. The molecular weight excluding hydrogens is 466 g/mol. The molecular formula is C20H17Cl2F5N2O2. The van der Waals surface area contributed by atoms with Gasteiger partial charge in [0.05, 0.1) is 27.3 Å². The lowest BCUT2D eigenvalue weighted by atomic mass is 9.76. The molecule has 4 nitrogen and oxygen atoms in total. The second-order valence-corrected chi connectivity index (χ2v) is 8.10. The summed E-state index contributed by atoms with van der Waals surface area (Å²) in [4.78, 5) is 16.0. The Hall–Kier alpha value is -1.97. The Kier molecular flexibility index (Phi) is 6.78. The zero-order valence-corrected chi connectivity index (χ0v) is 17.3. The van der Waals surface area contributed by atoms with E-state index in [9.17, 15) is 31.9 Å². The van der Waals surface area contributed by atoms with Gasteiger partial charge < -0.3 is 10.4 Å². The Morgan fingerprint density at radius 3 is 2.45 bits per heavy atom. The molecule has 1 amide bonds. The van der Waals surface area contributed by atoms with Crippen molar-refractivity contribution in [3.8, 4) is 0 Å². The molecule has 0 saturated heterocycles. The van der Waals surface area contributed by atoms with E-state index in [4.69, 9.17) is 23.2 Å². The Balaban J connectivity index is 2.02. The molecule has 1 aliphatic carbocycles. The molecule has 1 aliphatic rings. The van der Waals surface area contributed by atoms with E-state index in [1.54, 1.807) is 0 Å². The number of carbonyl (C=O) groups is 1. The molecule has 31 heavy (non-hydrogen) atoms. The number of carbonyl (C=O) groups excluding carboxylic acids is 1. The quantitative estimate of drug-likeness (QED) is 0.552. The molecule has 168 valence electrons. The highest BCUT2D eigenvalue weighted by atomic mass is 35.5. The minimum Gasteiger partial charge on any atom is -0.387 e. The van der Waals surface area contributed by atoms with Gasteiger partial charge in [-0.1, -0.05) is 35.3 Å². The van der Waals surface area contributed by atoms with Crippen LogP contribution in [0.25, 0.3) is 0 Å². The van der Waals surface area contributed by atoms with Crippen LogP contribution >= 0.6 is 23.2 Å². The number of nitrogens with one attached hydrogen (secondary N) is 1. The van der Waals surface area contributed by atoms with Gasteiger partial charge in [-0.2, -0.15) is 13.2 Å². The van der Waals surface area contributed by atoms with Gasteiger partial charge in [-0.15, -0.1) is 0 Å². The molecule has 1 fully saturated rings. The fraction of sp³-hybridized carbons (Fsp3) is 0.400. The number of pyridine rings is 1. The van der Waals surface area contributed by atoms with E-state index < -0.39 is 52.0 Å². The molecule has 1 unspecified atom stereocenters. The van der Waals surface area contributed by atoms with E-state index in [-0.39, 0.29) is 36.3 Å². The van der Waals surface area contributed by atoms with E-state index >= 15 is 0 Å². The van der Waals surface area contributed by atoms with Crippen LogP contribution in [0.2, 0.25) is 10.0 Å². The second kappa shape index (κ2) is 8.88. The summed E-state index contributed by atoms with van der Waals surface area (Å²) >= 11 is 11.8. The number of amides is 1. The number of rotatable bonds is 4. The second-order valence-electron chi connectivity index (χ2n) is 7.35. The first-order valence-electron chi connectivity index (χ1n) is 9.27. The van der Waals surface area contributed by atoms with E-state index in [0.717, 1.165) is 18.3 Å². The Labute approximate surface area is 184 Å². The lowest BCUT2D eigenvalue weighted by Gasteiger charge is -2.41. The van der Waals surface area contributed by atoms with Crippen LogP contribution in [0.4, 0.5) is 22.0 Å². The van der Waals surface area contributed by atoms with Crippen molar-refractivity contribution in [3.63, 3.8) is 0 Å². The summed E-state index contributed by atoms with van der Waals surface area (Å²) in [6.07, 6.45) is -5.45. The Morgan fingerprint density at radius 1 is 1.19 bits per heavy atom. The van der Waals surface area contributed by atoms with Crippen LogP contribution < -0.4 is 5.32 Å². The van der Waals surface area contributed by atoms with Gasteiger partial charge in [-0.25, -0.2) is 8.78 Å². The van der Waals surface area contributed by atoms with Gasteiger partial charge in [0, 0.05) is 6.20 Å². The predicted molar refractivity (Wildman–Crippen MR) is 104 cm³/mol. The molecule has 2 aromatic rings. The first-order chi connectivity index (χ1) is 14.4. The number of benzene rings is 1. The summed E-state index contributed by atoms with van der Waals surface area (Å²) in [7, 11) is 0. The van der Waals surface area contributed by atoms with Gasteiger partial charge in [0.15, 0.2) is 5.69 Å². The van der Waals surface area contributed by atoms with Crippen molar-refractivity contribution in [2.75, 3.05) is 0 Å². The third-order valence-electron chi connectivity index (χ3n) is 5.29. The standard InChI is InChI=1S/C20H17Cl2F5N2O2/c21-14-11(2-1-3-13(14)24)16(19(31)7-4-10(23)5-8-19)29-18(30)12-6-9-28-17(15(12)22)20(25,26)27/h1-3,6,9-10,16,31H,4-5,7-8H2,(H,29,30)/t10-,16?,19-. The van der Waals surface area contributed by atoms with Crippen molar-refractivity contribution in [1.82, 2.24) is 10.3 Å². The maximum atomic E-state index is 14.1. The topological polar surface area (TPSA) is 62.2 Å². The molecule has 1 saturated carbocycles. The molecule has 1 aromatic heterocycles. The highest BCUT2D eigenvalue weighted by Crippen LogP contribution is 2.42. The summed E-state index contributed by atoms with van der Waals surface area (Å²) in [5, 5.41) is 12.3. The maximum absolute atomic E-state index is 14.1. The Bertz CT molecular complexity index is 979. The van der Waals surface area contributed by atoms with Crippen LogP contribution in [0.15, 0.2) is 30.5 Å². The normalized spacial score (nSPS) is 22.8. The minimum absolute atomic E-state index is 0.00988. The van der Waals surface area contributed by atoms with Crippen LogP contribution in [-0.2, 0) is 6.18 Å². The summed E-state index contributed by atoms with van der Waals surface area (Å²) < 4.78 is 67.0. The van der Waals surface area contributed by atoms with Crippen LogP contribution in [0.1, 0.15) is 53.3 Å². The van der Waals surface area contributed by atoms with Crippen molar-refractivity contribution < 1.29 is 31.9 Å². The van der Waals surface area contributed by atoms with Gasteiger partial charge >= 0.3 is 6.18 Å². The number of aliphatic hydroxyl groups is 1. The number of hydrogen-bond donors (Lipinski definition) is 2. The molecule has 0 aliphatic heterocycles. The predicted octanol–water partition coefficient (Wildman–Crippen LogP) is 5.66. The maximum Gasteiger partial charge on any atom is 0.434 e. The van der Waals surface area contributed by atoms with Gasteiger partial charge in [-0.3, -0.25) is 9.78 Å².